The Bertz CT molecular complexity index is 751. The molecule has 0 aromatic heterocycles. The van der Waals surface area contributed by atoms with Crippen LogP contribution in [0.4, 0.5) is 5.69 Å². The fourth-order valence-electron chi connectivity index (χ4n) is 2.90. The van der Waals surface area contributed by atoms with Gasteiger partial charge in [-0.3, -0.25) is 9.59 Å². The van der Waals surface area contributed by atoms with Crippen molar-refractivity contribution < 1.29 is 27.6 Å². The number of benzene rings is 1. The number of para-hydroxylation sites is 2. The van der Waals surface area contributed by atoms with Gasteiger partial charge in [-0.05, 0) is 25.5 Å². The monoisotopic (exact) mass is 384 g/mol. The molecule has 1 fully saturated rings. The minimum atomic E-state index is -3.03. The molecule has 0 bridgehead atoms. The van der Waals surface area contributed by atoms with Crippen LogP contribution in [0.2, 0.25) is 0 Å². The lowest BCUT2D eigenvalue weighted by Crippen LogP contribution is -3.14. The highest BCUT2D eigenvalue weighted by Gasteiger charge is 2.29. The van der Waals surface area contributed by atoms with Gasteiger partial charge in [-0.15, -0.1) is 0 Å². The molecule has 9 heteroatoms. The Morgan fingerprint density at radius 1 is 1.23 bits per heavy atom. The predicted octanol–water partition coefficient (Wildman–Crippen LogP) is -1.16. The zero-order valence-electron chi connectivity index (χ0n) is 15.1. The van der Waals surface area contributed by atoms with Gasteiger partial charge in [0.1, 0.15) is 5.75 Å². The van der Waals surface area contributed by atoms with Gasteiger partial charge in [0.25, 0.3) is 11.8 Å². The molecular formula is C17H26N3O5S+. The number of nitrogens with one attached hydrogen (secondary N) is 3. The van der Waals surface area contributed by atoms with Crippen molar-refractivity contribution in [3.63, 3.8) is 0 Å². The molecule has 1 aromatic carbocycles. The van der Waals surface area contributed by atoms with Crippen LogP contribution in [-0.2, 0) is 19.4 Å². The van der Waals surface area contributed by atoms with Gasteiger partial charge >= 0.3 is 0 Å². The number of carbonyl (C=O) groups is 2. The number of hydrogen-bond donors (Lipinski definition) is 3. The summed E-state index contributed by atoms with van der Waals surface area (Å²) in [5.74, 6) is 0.216. The second-order valence-electron chi connectivity index (χ2n) is 6.37. The van der Waals surface area contributed by atoms with E-state index in [1.165, 1.54) is 7.11 Å². The van der Waals surface area contributed by atoms with Crippen molar-refractivity contribution in [2.24, 2.45) is 0 Å². The molecule has 1 aliphatic rings. The van der Waals surface area contributed by atoms with Crippen molar-refractivity contribution in [2.45, 2.75) is 19.4 Å². The number of anilines is 1. The van der Waals surface area contributed by atoms with Crippen LogP contribution in [0.25, 0.3) is 0 Å². The first-order valence-corrected chi connectivity index (χ1v) is 10.4. The molecule has 1 aliphatic heterocycles. The molecule has 2 rings (SSSR count). The van der Waals surface area contributed by atoms with Gasteiger partial charge in [0.05, 0.1) is 30.8 Å². The van der Waals surface area contributed by atoms with E-state index < -0.39 is 9.84 Å². The lowest BCUT2D eigenvalue weighted by molar-refractivity contribution is -0.881. The SMILES string of the molecule is CC[NH+](CC(=O)Nc1ccccc1OC)CC(=O)N[C@@H]1CCS(=O)(=O)C1. The van der Waals surface area contributed by atoms with Crippen LogP contribution >= 0.6 is 0 Å². The standard InChI is InChI=1S/C17H25N3O5S/c1-3-20(10-16(21)18-13-8-9-26(23,24)12-13)11-17(22)19-14-6-4-5-7-15(14)25-2/h4-7,13H,3,8-12H2,1-2H3,(H,18,21)(H,19,22)/p+1/t13-/m1/s1. The highest BCUT2D eigenvalue weighted by atomic mass is 32.2. The summed E-state index contributed by atoms with van der Waals surface area (Å²) in [6.07, 6.45) is 0.448. The molecular weight excluding hydrogens is 358 g/mol. The van der Waals surface area contributed by atoms with E-state index in [0.29, 0.717) is 24.4 Å². The number of ether oxygens (including phenoxy) is 1. The molecule has 1 unspecified atom stereocenters. The third kappa shape index (κ3) is 5.99. The van der Waals surface area contributed by atoms with Gasteiger partial charge in [-0.1, -0.05) is 12.1 Å². The van der Waals surface area contributed by atoms with E-state index in [9.17, 15) is 18.0 Å². The van der Waals surface area contributed by atoms with Crippen molar-refractivity contribution >= 4 is 27.3 Å². The Labute approximate surface area is 153 Å². The fraction of sp³-hybridized carbons (Fsp3) is 0.529. The van der Waals surface area contributed by atoms with Gasteiger partial charge in [0.15, 0.2) is 22.9 Å². The van der Waals surface area contributed by atoms with Crippen LogP contribution in [0, 0.1) is 0 Å². The molecule has 0 radical (unpaired) electrons. The number of rotatable bonds is 8. The Kier molecular flexibility index (Phi) is 6.98. The van der Waals surface area contributed by atoms with Crippen molar-refractivity contribution in [3.8, 4) is 5.75 Å². The lowest BCUT2D eigenvalue weighted by Gasteiger charge is -2.18. The molecule has 1 saturated heterocycles. The first kappa shape index (κ1) is 20.2. The summed E-state index contributed by atoms with van der Waals surface area (Å²) in [7, 11) is -1.50. The Morgan fingerprint density at radius 3 is 2.54 bits per heavy atom. The molecule has 0 saturated carbocycles. The van der Waals surface area contributed by atoms with E-state index in [1.54, 1.807) is 18.2 Å². The average molecular weight is 384 g/mol. The topological polar surface area (TPSA) is 106 Å². The highest BCUT2D eigenvalue weighted by molar-refractivity contribution is 7.91. The van der Waals surface area contributed by atoms with E-state index in [2.05, 4.69) is 10.6 Å². The highest BCUT2D eigenvalue weighted by Crippen LogP contribution is 2.22. The number of quaternary nitrogens is 1. The number of carbonyl (C=O) groups excluding carboxylic acids is 2. The van der Waals surface area contributed by atoms with Crippen LogP contribution < -0.4 is 20.3 Å². The molecule has 0 aliphatic carbocycles. The van der Waals surface area contributed by atoms with E-state index in [1.807, 2.05) is 13.0 Å². The van der Waals surface area contributed by atoms with Gasteiger partial charge < -0.3 is 20.3 Å². The Morgan fingerprint density at radius 2 is 1.92 bits per heavy atom. The van der Waals surface area contributed by atoms with Crippen molar-refractivity contribution in [3.05, 3.63) is 24.3 Å². The Balaban J connectivity index is 1.84. The van der Waals surface area contributed by atoms with E-state index >= 15 is 0 Å². The second kappa shape index (κ2) is 9.00. The second-order valence-corrected chi connectivity index (χ2v) is 8.60. The zero-order chi connectivity index (χ0) is 19.2. The van der Waals surface area contributed by atoms with E-state index in [4.69, 9.17) is 4.74 Å². The summed E-state index contributed by atoms with van der Waals surface area (Å²) >= 11 is 0. The number of likely N-dealkylation sites (N-methyl/N-ethyl adjacent to an activating group) is 1. The summed E-state index contributed by atoms with van der Waals surface area (Å²) in [5, 5.41) is 5.54. The average Bonchev–Trinajstić information content (AvgIpc) is 2.93. The zero-order valence-corrected chi connectivity index (χ0v) is 15.9. The minimum absolute atomic E-state index is 0.00547. The number of hydrogen-bond acceptors (Lipinski definition) is 5. The molecule has 144 valence electrons. The van der Waals surface area contributed by atoms with Gasteiger partial charge in [0, 0.05) is 6.04 Å². The third-order valence-corrected chi connectivity index (χ3v) is 6.07. The number of methoxy groups -OCH3 is 1. The number of amides is 2. The molecule has 8 nitrogen and oxygen atoms in total. The summed E-state index contributed by atoms with van der Waals surface area (Å²) in [6.45, 7) is 2.73. The Hall–Kier alpha value is -2.13. The van der Waals surface area contributed by atoms with Crippen LogP contribution in [0.5, 0.6) is 5.75 Å². The van der Waals surface area contributed by atoms with Crippen molar-refractivity contribution in [1.29, 1.82) is 0 Å². The lowest BCUT2D eigenvalue weighted by atomic mass is 10.2. The molecule has 1 heterocycles. The summed E-state index contributed by atoms with van der Waals surface area (Å²) in [6, 6.07) is 6.78. The van der Waals surface area contributed by atoms with Crippen LogP contribution in [0.15, 0.2) is 24.3 Å². The predicted molar refractivity (Wildman–Crippen MR) is 98.1 cm³/mol. The van der Waals surface area contributed by atoms with Crippen molar-refractivity contribution in [1.82, 2.24) is 5.32 Å². The maximum atomic E-state index is 12.3. The third-order valence-electron chi connectivity index (χ3n) is 4.30. The van der Waals surface area contributed by atoms with Gasteiger partial charge in [-0.25, -0.2) is 8.42 Å². The van der Waals surface area contributed by atoms with E-state index in [0.717, 1.165) is 4.90 Å². The smallest absolute Gasteiger partial charge is 0.279 e. The molecule has 1 aromatic rings. The van der Waals surface area contributed by atoms with Crippen LogP contribution in [-0.4, -0.2) is 64.5 Å². The quantitative estimate of drug-likeness (QED) is 0.524. The maximum absolute atomic E-state index is 12.3. The number of sulfone groups is 1. The molecule has 2 atom stereocenters. The fourth-order valence-corrected chi connectivity index (χ4v) is 4.57. The molecule has 3 N–H and O–H groups in total. The van der Waals surface area contributed by atoms with Crippen LogP contribution in [0.1, 0.15) is 13.3 Å². The van der Waals surface area contributed by atoms with Crippen LogP contribution in [0.3, 0.4) is 0 Å². The summed E-state index contributed by atoms with van der Waals surface area (Å²) in [4.78, 5) is 25.2. The largest absolute Gasteiger partial charge is 0.495 e. The normalized spacial score (nSPS) is 19.5. The summed E-state index contributed by atoms with van der Waals surface area (Å²) < 4.78 is 28.1. The summed E-state index contributed by atoms with van der Waals surface area (Å²) in [5.41, 5.74) is 0.580. The molecule has 26 heavy (non-hydrogen) atoms. The maximum Gasteiger partial charge on any atom is 0.279 e. The molecule has 2 amide bonds. The van der Waals surface area contributed by atoms with Gasteiger partial charge in [0.2, 0.25) is 0 Å². The first-order valence-electron chi connectivity index (χ1n) is 8.59. The minimum Gasteiger partial charge on any atom is -0.495 e. The van der Waals surface area contributed by atoms with Gasteiger partial charge in [-0.2, -0.15) is 0 Å². The van der Waals surface area contributed by atoms with E-state index in [-0.39, 0.29) is 42.5 Å². The first-order chi connectivity index (χ1) is 12.3. The van der Waals surface area contributed by atoms with Crippen molar-refractivity contribution in [2.75, 3.05) is 43.6 Å². The molecule has 0 spiro atoms.